The summed E-state index contributed by atoms with van der Waals surface area (Å²) in [5.41, 5.74) is 3.24. The van der Waals surface area contributed by atoms with E-state index in [0.717, 1.165) is 28.9 Å². The zero-order chi connectivity index (χ0) is 23.2. The summed E-state index contributed by atoms with van der Waals surface area (Å²) < 4.78 is 1.80. The van der Waals surface area contributed by atoms with Crippen LogP contribution in [0.2, 0.25) is 0 Å². The molecule has 7 nitrogen and oxygen atoms in total. The molecule has 0 aliphatic heterocycles. The molecule has 2 heterocycles. The SMILES string of the molecule is CCCn1nc(C(=O)Cc2ccccc2)nc1Cc1ccc(-c2ncccc2C(=O)O)cc1. The minimum Gasteiger partial charge on any atom is -0.478 e. The molecular weight excluding hydrogens is 416 g/mol. The number of nitrogens with zero attached hydrogens (tertiary/aromatic N) is 4. The van der Waals surface area contributed by atoms with E-state index >= 15 is 0 Å². The Bertz CT molecular complexity index is 1260. The third-order valence-electron chi connectivity index (χ3n) is 5.27. The van der Waals surface area contributed by atoms with Crippen LogP contribution in [0, 0.1) is 0 Å². The van der Waals surface area contributed by atoms with Crippen molar-refractivity contribution in [3.8, 4) is 11.3 Å². The van der Waals surface area contributed by atoms with Crippen LogP contribution < -0.4 is 0 Å². The summed E-state index contributed by atoms with van der Waals surface area (Å²) in [4.78, 5) is 33.0. The van der Waals surface area contributed by atoms with E-state index in [4.69, 9.17) is 0 Å². The van der Waals surface area contributed by atoms with Gasteiger partial charge in [0.05, 0.1) is 11.3 Å². The largest absolute Gasteiger partial charge is 0.478 e. The maximum absolute atomic E-state index is 12.7. The molecule has 4 rings (SSSR count). The lowest BCUT2D eigenvalue weighted by atomic mass is 10.0. The van der Waals surface area contributed by atoms with Gasteiger partial charge in [0.25, 0.3) is 0 Å². The molecule has 0 fully saturated rings. The van der Waals surface area contributed by atoms with Gasteiger partial charge < -0.3 is 5.11 Å². The molecule has 33 heavy (non-hydrogen) atoms. The van der Waals surface area contributed by atoms with Crippen molar-refractivity contribution < 1.29 is 14.7 Å². The highest BCUT2D eigenvalue weighted by atomic mass is 16.4. The first kappa shape index (κ1) is 22.1. The summed E-state index contributed by atoms with van der Waals surface area (Å²) >= 11 is 0. The minimum absolute atomic E-state index is 0.107. The van der Waals surface area contributed by atoms with Crippen molar-refractivity contribution in [3.63, 3.8) is 0 Å². The van der Waals surface area contributed by atoms with Gasteiger partial charge in [0, 0.05) is 31.1 Å². The standard InChI is InChI=1S/C26H24N4O3/c1-2-15-30-23(28-25(29-30)22(31)16-18-7-4-3-5-8-18)17-19-10-12-20(13-11-19)24-21(26(32)33)9-6-14-27-24/h3-14H,2,15-17H2,1H3,(H,32,33). The van der Waals surface area contributed by atoms with Gasteiger partial charge in [0.2, 0.25) is 11.6 Å². The van der Waals surface area contributed by atoms with Crippen molar-refractivity contribution in [1.82, 2.24) is 19.7 Å². The van der Waals surface area contributed by atoms with Crippen molar-refractivity contribution in [2.24, 2.45) is 0 Å². The molecule has 0 radical (unpaired) electrons. The number of ketones is 1. The van der Waals surface area contributed by atoms with E-state index in [2.05, 4.69) is 22.0 Å². The van der Waals surface area contributed by atoms with E-state index in [1.807, 2.05) is 54.6 Å². The normalized spacial score (nSPS) is 10.8. The second kappa shape index (κ2) is 9.99. The van der Waals surface area contributed by atoms with Crippen molar-refractivity contribution in [1.29, 1.82) is 0 Å². The van der Waals surface area contributed by atoms with Gasteiger partial charge in [0.1, 0.15) is 5.82 Å². The maximum Gasteiger partial charge on any atom is 0.337 e. The highest BCUT2D eigenvalue weighted by molar-refractivity contribution is 5.95. The Morgan fingerprint density at radius 2 is 1.70 bits per heavy atom. The molecule has 0 aliphatic rings. The molecule has 166 valence electrons. The number of aromatic nitrogens is 4. The number of carbonyl (C=O) groups excluding carboxylic acids is 1. The topological polar surface area (TPSA) is 98.0 Å². The molecule has 2 aromatic heterocycles. The fraction of sp³-hybridized carbons (Fsp3) is 0.192. The number of aromatic carboxylic acids is 1. The molecule has 0 amide bonds. The van der Waals surface area contributed by atoms with E-state index < -0.39 is 5.97 Å². The highest BCUT2D eigenvalue weighted by Gasteiger charge is 2.17. The number of Topliss-reactive ketones (excluding diaryl/α,β-unsaturated/α-hetero) is 1. The summed E-state index contributed by atoms with van der Waals surface area (Å²) in [5.74, 6) is -0.157. The Labute approximate surface area is 191 Å². The Morgan fingerprint density at radius 3 is 2.39 bits per heavy atom. The Balaban J connectivity index is 1.55. The fourth-order valence-electron chi connectivity index (χ4n) is 3.65. The minimum atomic E-state index is -1.01. The fourth-order valence-corrected chi connectivity index (χ4v) is 3.65. The molecule has 0 saturated heterocycles. The van der Waals surface area contributed by atoms with Gasteiger partial charge in [-0.3, -0.25) is 9.78 Å². The first-order valence-corrected chi connectivity index (χ1v) is 10.8. The maximum atomic E-state index is 12.7. The molecule has 2 aromatic carbocycles. The quantitative estimate of drug-likeness (QED) is 0.386. The summed E-state index contributed by atoms with van der Waals surface area (Å²) in [6.07, 6.45) is 3.23. The Hall–Kier alpha value is -4.13. The number of hydrogen-bond acceptors (Lipinski definition) is 5. The van der Waals surface area contributed by atoms with Crippen LogP contribution in [0.5, 0.6) is 0 Å². The van der Waals surface area contributed by atoms with Gasteiger partial charge in [-0.05, 0) is 29.7 Å². The number of carbonyl (C=O) groups is 2. The Morgan fingerprint density at radius 1 is 0.939 bits per heavy atom. The van der Waals surface area contributed by atoms with Crippen LogP contribution in [0.4, 0.5) is 0 Å². The molecule has 7 heteroatoms. The molecule has 4 aromatic rings. The lowest BCUT2D eigenvalue weighted by molar-refractivity contribution is 0.0697. The van der Waals surface area contributed by atoms with Crippen LogP contribution in [-0.4, -0.2) is 36.6 Å². The third kappa shape index (κ3) is 5.20. The van der Waals surface area contributed by atoms with E-state index in [1.165, 1.54) is 0 Å². The second-order valence-corrected chi connectivity index (χ2v) is 7.74. The summed E-state index contributed by atoms with van der Waals surface area (Å²) in [7, 11) is 0. The molecular formula is C26H24N4O3. The third-order valence-corrected chi connectivity index (χ3v) is 5.27. The van der Waals surface area contributed by atoms with Crippen LogP contribution in [-0.2, 0) is 19.4 Å². The van der Waals surface area contributed by atoms with Gasteiger partial charge in [-0.2, -0.15) is 0 Å². The lowest BCUT2D eigenvalue weighted by Gasteiger charge is -2.07. The van der Waals surface area contributed by atoms with Crippen LogP contribution >= 0.6 is 0 Å². The van der Waals surface area contributed by atoms with Gasteiger partial charge in [-0.1, -0.05) is 61.5 Å². The average molecular weight is 441 g/mol. The summed E-state index contributed by atoms with van der Waals surface area (Å²) in [6, 6.07) is 20.3. The molecule has 0 saturated carbocycles. The summed E-state index contributed by atoms with van der Waals surface area (Å²) in [5, 5.41) is 13.9. The molecule has 1 N–H and O–H groups in total. The molecule has 0 bridgehead atoms. The van der Waals surface area contributed by atoms with Gasteiger partial charge >= 0.3 is 5.97 Å². The van der Waals surface area contributed by atoms with Gasteiger partial charge in [-0.25, -0.2) is 14.5 Å². The first-order chi connectivity index (χ1) is 16.0. The lowest BCUT2D eigenvalue weighted by Crippen LogP contribution is -2.08. The Kier molecular flexibility index (Phi) is 6.69. The van der Waals surface area contributed by atoms with Crippen LogP contribution in [0.15, 0.2) is 72.9 Å². The van der Waals surface area contributed by atoms with Crippen molar-refractivity contribution >= 4 is 11.8 Å². The van der Waals surface area contributed by atoms with Crippen LogP contribution in [0.1, 0.15) is 51.3 Å². The number of pyridine rings is 1. The van der Waals surface area contributed by atoms with Gasteiger partial charge in [0.15, 0.2) is 0 Å². The van der Waals surface area contributed by atoms with Gasteiger partial charge in [-0.15, -0.1) is 5.10 Å². The number of carboxylic acid groups (broad SMARTS) is 1. The monoisotopic (exact) mass is 440 g/mol. The van der Waals surface area contributed by atoms with E-state index in [0.29, 0.717) is 18.7 Å². The van der Waals surface area contributed by atoms with E-state index in [9.17, 15) is 14.7 Å². The molecule has 0 atom stereocenters. The zero-order valence-corrected chi connectivity index (χ0v) is 18.3. The molecule has 0 spiro atoms. The number of rotatable bonds is 9. The zero-order valence-electron chi connectivity index (χ0n) is 18.3. The predicted molar refractivity (Wildman–Crippen MR) is 124 cm³/mol. The predicted octanol–water partition coefficient (Wildman–Crippen LogP) is 4.46. The van der Waals surface area contributed by atoms with Crippen LogP contribution in [0.25, 0.3) is 11.3 Å². The number of aryl methyl sites for hydroxylation is 1. The number of carboxylic acids is 1. The van der Waals surface area contributed by atoms with E-state index in [1.54, 1.807) is 23.0 Å². The first-order valence-electron chi connectivity index (χ1n) is 10.8. The van der Waals surface area contributed by atoms with Crippen LogP contribution in [0.3, 0.4) is 0 Å². The average Bonchev–Trinajstić information content (AvgIpc) is 3.23. The van der Waals surface area contributed by atoms with Crippen molar-refractivity contribution in [2.75, 3.05) is 0 Å². The highest BCUT2D eigenvalue weighted by Crippen LogP contribution is 2.22. The number of benzene rings is 2. The number of hydrogen-bond donors (Lipinski definition) is 1. The van der Waals surface area contributed by atoms with Crippen molar-refractivity contribution in [3.05, 3.63) is 101 Å². The smallest absolute Gasteiger partial charge is 0.337 e. The van der Waals surface area contributed by atoms with E-state index in [-0.39, 0.29) is 23.6 Å². The molecule has 0 aliphatic carbocycles. The summed E-state index contributed by atoms with van der Waals surface area (Å²) in [6.45, 7) is 2.73. The second-order valence-electron chi connectivity index (χ2n) is 7.74. The van der Waals surface area contributed by atoms with Crippen molar-refractivity contribution in [2.45, 2.75) is 32.7 Å². The molecule has 0 unspecified atom stereocenters.